The van der Waals surface area contributed by atoms with E-state index >= 15 is 0 Å². The first-order valence-electron chi connectivity index (χ1n) is 8.17. The van der Waals surface area contributed by atoms with E-state index in [4.69, 9.17) is 0 Å². The third-order valence-electron chi connectivity index (χ3n) is 4.03. The van der Waals surface area contributed by atoms with Gasteiger partial charge in [-0.1, -0.05) is 35.9 Å². The molecule has 0 aliphatic heterocycles. The molecule has 1 N–H and O–H groups in total. The van der Waals surface area contributed by atoms with Gasteiger partial charge in [-0.15, -0.1) is 0 Å². The number of nitrogens with one attached hydrogen (secondary N) is 1. The Balaban J connectivity index is 1.79. The fourth-order valence-electron chi connectivity index (χ4n) is 2.78. The van der Waals surface area contributed by atoms with Crippen LogP contribution in [0.2, 0.25) is 0 Å². The van der Waals surface area contributed by atoms with Crippen LogP contribution in [0.1, 0.15) is 22.5 Å². The molecule has 0 saturated heterocycles. The predicted octanol–water partition coefficient (Wildman–Crippen LogP) is 3.82. The molecule has 3 aromatic rings. The number of alkyl halides is 3. The highest BCUT2D eigenvalue weighted by molar-refractivity contribution is 5.85. The molecule has 0 spiro atoms. The molecule has 27 heavy (non-hydrogen) atoms. The molecule has 3 rings (SSSR count). The van der Waals surface area contributed by atoms with Crippen molar-refractivity contribution in [2.75, 3.05) is 0 Å². The zero-order valence-corrected chi connectivity index (χ0v) is 14.7. The number of hydrogen-bond donors (Lipinski definition) is 1. The van der Waals surface area contributed by atoms with Gasteiger partial charge in [-0.25, -0.2) is 10.4 Å². The number of amides is 1. The molecule has 0 unspecified atom stereocenters. The second kappa shape index (κ2) is 7.22. The molecule has 0 bridgehead atoms. The summed E-state index contributed by atoms with van der Waals surface area (Å²) in [5.41, 5.74) is 5.57. The normalized spacial score (nSPS) is 12.0. The molecule has 0 radical (unpaired) electrons. The predicted molar refractivity (Wildman–Crippen MR) is 96.4 cm³/mol. The maximum absolute atomic E-state index is 13.2. The highest BCUT2D eigenvalue weighted by Crippen LogP contribution is 2.31. The van der Waals surface area contributed by atoms with Crippen molar-refractivity contribution in [2.24, 2.45) is 5.10 Å². The highest BCUT2D eigenvalue weighted by atomic mass is 19.4. The summed E-state index contributed by atoms with van der Waals surface area (Å²) in [4.78, 5) is 15.7. The van der Waals surface area contributed by atoms with Gasteiger partial charge < -0.3 is 4.57 Å². The minimum Gasteiger partial charge on any atom is -0.311 e. The summed E-state index contributed by atoms with van der Waals surface area (Å²) in [5.74, 6) is -1.79. The lowest BCUT2D eigenvalue weighted by Gasteiger charge is -2.10. The Hall–Kier alpha value is -3.16. The Labute approximate surface area is 153 Å². The summed E-state index contributed by atoms with van der Waals surface area (Å²) in [6.07, 6.45) is -3.20. The van der Waals surface area contributed by atoms with Crippen LogP contribution < -0.4 is 5.43 Å². The molecule has 0 aliphatic carbocycles. The van der Waals surface area contributed by atoms with E-state index < -0.39 is 24.5 Å². The monoisotopic (exact) mass is 374 g/mol. The van der Waals surface area contributed by atoms with Gasteiger partial charge in [-0.2, -0.15) is 18.3 Å². The number of fused-ring (bicyclic) bond motifs is 1. The maximum atomic E-state index is 13.2. The molecule has 0 atom stereocenters. The van der Waals surface area contributed by atoms with E-state index in [9.17, 15) is 18.0 Å². The quantitative estimate of drug-likeness (QED) is 0.557. The van der Waals surface area contributed by atoms with Crippen molar-refractivity contribution in [2.45, 2.75) is 26.6 Å². The van der Waals surface area contributed by atoms with Gasteiger partial charge in [0, 0.05) is 0 Å². The Morgan fingerprint density at radius 2 is 1.96 bits per heavy atom. The van der Waals surface area contributed by atoms with Crippen molar-refractivity contribution >= 4 is 23.2 Å². The van der Waals surface area contributed by atoms with Crippen LogP contribution in [0, 0.1) is 13.8 Å². The van der Waals surface area contributed by atoms with E-state index in [0.717, 1.165) is 21.3 Å². The van der Waals surface area contributed by atoms with Gasteiger partial charge in [0.1, 0.15) is 6.54 Å². The number of carbonyl (C=O) groups is 1. The second-order valence-electron chi connectivity index (χ2n) is 6.16. The first kappa shape index (κ1) is 18.6. The Bertz CT molecular complexity index is 1020. The largest absolute Gasteiger partial charge is 0.449 e. The third kappa shape index (κ3) is 4.16. The molecular formula is C19H17F3N4O. The summed E-state index contributed by atoms with van der Waals surface area (Å²) in [6.45, 7) is 3.33. The number of aryl methyl sites for hydroxylation is 2. The Kier molecular flexibility index (Phi) is 4.98. The van der Waals surface area contributed by atoms with Crippen LogP contribution in [-0.2, 0) is 17.5 Å². The van der Waals surface area contributed by atoms with E-state index in [0.29, 0.717) is 0 Å². The molecule has 0 saturated carbocycles. The van der Waals surface area contributed by atoms with Crippen LogP contribution in [0.25, 0.3) is 11.0 Å². The van der Waals surface area contributed by atoms with E-state index in [2.05, 4.69) is 15.5 Å². The number of imidazole rings is 1. The summed E-state index contributed by atoms with van der Waals surface area (Å²) < 4.78 is 40.6. The smallest absolute Gasteiger partial charge is 0.311 e. The topological polar surface area (TPSA) is 59.3 Å². The Morgan fingerprint density at radius 3 is 2.67 bits per heavy atom. The fraction of sp³-hybridized carbons (Fsp3) is 0.211. The van der Waals surface area contributed by atoms with E-state index in [-0.39, 0.29) is 11.0 Å². The van der Waals surface area contributed by atoms with Crippen molar-refractivity contribution < 1.29 is 18.0 Å². The zero-order valence-electron chi connectivity index (χ0n) is 14.7. The lowest BCUT2D eigenvalue weighted by atomic mass is 10.1. The van der Waals surface area contributed by atoms with Gasteiger partial charge in [-0.05, 0) is 37.1 Å². The molecule has 0 fully saturated rings. The van der Waals surface area contributed by atoms with Gasteiger partial charge in [-0.3, -0.25) is 4.79 Å². The second-order valence-corrected chi connectivity index (χ2v) is 6.16. The first-order valence-corrected chi connectivity index (χ1v) is 8.17. The van der Waals surface area contributed by atoms with Crippen molar-refractivity contribution in [1.29, 1.82) is 0 Å². The van der Waals surface area contributed by atoms with Gasteiger partial charge in [0.15, 0.2) is 0 Å². The third-order valence-corrected chi connectivity index (χ3v) is 4.03. The average molecular weight is 374 g/mol. The minimum atomic E-state index is -4.67. The number of hydrazone groups is 1. The molecular weight excluding hydrogens is 357 g/mol. The molecule has 1 heterocycles. The number of halogens is 3. The first-order chi connectivity index (χ1) is 12.8. The number of para-hydroxylation sites is 2. The van der Waals surface area contributed by atoms with Crippen LogP contribution in [0.3, 0.4) is 0 Å². The Morgan fingerprint density at radius 1 is 1.22 bits per heavy atom. The molecule has 5 nitrogen and oxygen atoms in total. The minimum absolute atomic E-state index is 0.177. The highest BCUT2D eigenvalue weighted by Gasteiger charge is 2.37. The van der Waals surface area contributed by atoms with Gasteiger partial charge in [0.25, 0.3) is 5.91 Å². The molecule has 2 aromatic carbocycles. The molecule has 8 heteroatoms. The van der Waals surface area contributed by atoms with Gasteiger partial charge >= 0.3 is 6.18 Å². The van der Waals surface area contributed by atoms with Crippen molar-refractivity contribution in [3.63, 3.8) is 0 Å². The number of carbonyl (C=O) groups excluding carboxylic acids is 1. The number of nitrogens with zero attached hydrogens (tertiary/aromatic N) is 3. The standard InChI is InChI=1S/C19H17F3N4O/c1-12-7-8-14(13(2)9-12)10-23-25-17(27)11-26-16-6-4-3-5-15(16)24-18(26)19(20,21)22/h3-10H,11H2,1-2H3,(H,25,27)/b23-10+. The number of hydrogen-bond acceptors (Lipinski definition) is 3. The maximum Gasteiger partial charge on any atom is 0.449 e. The lowest BCUT2D eigenvalue weighted by Crippen LogP contribution is -2.26. The molecule has 0 aliphatic rings. The van der Waals surface area contributed by atoms with Gasteiger partial charge in [0.05, 0.1) is 17.2 Å². The summed E-state index contributed by atoms with van der Waals surface area (Å²) >= 11 is 0. The summed E-state index contributed by atoms with van der Waals surface area (Å²) in [5, 5.41) is 3.84. The molecule has 1 amide bonds. The lowest BCUT2D eigenvalue weighted by molar-refractivity contribution is -0.147. The van der Waals surface area contributed by atoms with E-state index in [1.165, 1.54) is 18.3 Å². The zero-order chi connectivity index (χ0) is 19.6. The number of rotatable bonds is 4. The van der Waals surface area contributed by atoms with Crippen LogP contribution >= 0.6 is 0 Å². The number of benzene rings is 2. The van der Waals surface area contributed by atoms with Crippen molar-refractivity contribution in [3.05, 3.63) is 65.0 Å². The average Bonchev–Trinajstić information content (AvgIpc) is 2.96. The molecule has 140 valence electrons. The SMILES string of the molecule is Cc1ccc(/C=N/NC(=O)Cn2c(C(F)(F)F)nc3ccccc32)c(C)c1. The summed E-state index contributed by atoms with van der Waals surface area (Å²) in [7, 11) is 0. The van der Waals surface area contributed by atoms with Crippen molar-refractivity contribution in [1.82, 2.24) is 15.0 Å². The molecule has 1 aromatic heterocycles. The van der Waals surface area contributed by atoms with Crippen molar-refractivity contribution in [3.8, 4) is 0 Å². The van der Waals surface area contributed by atoms with Crippen LogP contribution in [0.5, 0.6) is 0 Å². The van der Waals surface area contributed by atoms with Crippen LogP contribution in [0.15, 0.2) is 47.6 Å². The van der Waals surface area contributed by atoms with E-state index in [1.54, 1.807) is 12.1 Å². The van der Waals surface area contributed by atoms with E-state index in [1.807, 2.05) is 32.0 Å². The van der Waals surface area contributed by atoms with Crippen LogP contribution in [-0.4, -0.2) is 21.7 Å². The van der Waals surface area contributed by atoms with Gasteiger partial charge in [0.2, 0.25) is 5.82 Å². The van der Waals surface area contributed by atoms with Crippen LogP contribution in [0.4, 0.5) is 13.2 Å². The summed E-state index contributed by atoms with van der Waals surface area (Å²) in [6, 6.07) is 11.9. The fourth-order valence-corrected chi connectivity index (χ4v) is 2.78. The number of aromatic nitrogens is 2.